The fourth-order valence-corrected chi connectivity index (χ4v) is 1.07. The van der Waals surface area contributed by atoms with Crippen molar-refractivity contribution in [2.24, 2.45) is 0 Å². The van der Waals surface area contributed by atoms with E-state index in [0.29, 0.717) is 12.5 Å². The van der Waals surface area contributed by atoms with Gasteiger partial charge in [0.25, 0.3) is 0 Å². The Morgan fingerprint density at radius 1 is 1.31 bits per heavy atom. The molecule has 0 fully saturated rings. The predicted molar refractivity (Wildman–Crippen MR) is 54.9 cm³/mol. The molecule has 0 saturated heterocycles. The van der Waals surface area contributed by atoms with E-state index < -0.39 is 0 Å². The normalized spacial score (nSPS) is 9.69. The van der Waals surface area contributed by atoms with E-state index in [4.69, 9.17) is 11.2 Å². The molecule has 0 aromatic heterocycles. The first-order valence-corrected chi connectivity index (χ1v) is 4.40. The molecule has 0 amide bonds. The zero-order chi connectivity index (χ0) is 9.68. The van der Waals surface area contributed by atoms with Gasteiger partial charge in [0.15, 0.2) is 0 Å². The van der Waals surface area contributed by atoms with E-state index in [1.54, 1.807) is 0 Å². The lowest BCUT2D eigenvalue weighted by Gasteiger charge is -2.06. The lowest BCUT2D eigenvalue weighted by atomic mass is 10.0. The standard InChI is InChI=1S/C12H14O/c1-4-9-13-12-7-5-11(6-8-12)10(2)3/h1,5-8,10H,9H2,2-3H3. The lowest BCUT2D eigenvalue weighted by molar-refractivity contribution is 0.370. The van der Waals surface area contributed by atoms with Gasteiger partial charge in [-0.25, -0.2) is 0 Å². The molecule has 1 aromatic carbocycles. The minimum atomic E-state index is 0.334. The zero-order valence-electron chi connectivity index (χ0n) is 8.08. The molecule has 0 bridgehead atoms. The Hall–Kier alpha value is -1.42. The molecule has 0 unspecified atom stereocenters. The molecule has 0 atom stereocenters. The second-order valence-corrected chi connectivity index (χ2v) is 3.22. The molecular formula is C12H14O. The Kier molecular flexibility index (Phi) is 3.40. The van der Waals surface area contributed by atoms with Crippen molar-refractivity contribution in [3.63, 3.8) is 0 Å². The van der Waals surface area contributed by atoms with Crippen LogP contribution in [-0.4, -0.2) is 6.61 Å². The van der Waals surface area contributed by atoms with E-state index in [2.05, 4.69) is 31.9 Å². The number of hydrogen-bond donors (Lipinski definition) is 0. The van der Waals surface area contributed by atoms with Crippen molar-refractivity contribution in [2.75, 3.05) is 6.61 Å². The van der Waals surface area contributed by atoms with E-state index in [9.17, 15) is 0 Å². The summed E-state index contributed by atoms with van der Waals surface area (Å²) in [5, 5.41) is 0. The number of benzene rings is 1. The highest BCUT2D eigenvalue weighted by Gasteiger charge is 1.98. The number of rotatable bonds is 3. The maximum absolute atomic E-state index is 5.25. The van der Waals surface area contributed by atoms with Gasteiger partial charge in [-0.3, -0.25) is 0 Å². The topological polar surface area (TPSA) is 9.23 Å². The van der Waals surface area contributed by atoms with Gasteiger partial charge in [-0.05, 0) is 23.6 Å². The molecule has 1 nitrogen and oxygen atoms in total. The van der Waals surface area contributed by atoms with E-state index >= 15 is 0 Å². The largest absolute Gasteiger partial charge is 0.481 e. The minimum Gasteiger partial charge on any atom is -0.481 e. The van der Waals surface area contributed by atoms with Crippen LogP contribution >= 0.6 is 0 Å². The average Bonchev–Trinajstić information content (AvgIpc) is 2.15. The van der Waals surface area contributed by atoms with Gasteiger partial charge in [-0.15, -0.1) is 6.42 Å². The molecule has 0 aliphatic carbocycles. The molecule has 0 radical (unpaired) electrons. The van der Waals surface area contributed by atoms with Crippen molar-refractivity contribution < 1.29 is 4.74 Å². The third-order valence-electron chi connectivity index (χ3n) is 1.87. The van der Waals surface area contributed by atoms with Gasteiger partial charge in [0, 0.05) is 0 Å². The third-order valence-corrected chi connectivity index (χ3v) is 1.87. The van der Waals surface area contributed by atoms with Crippen LogP contribution < -0.4 is 4.74 Å². The van der Waals surface area contributed by atoms with Crippen LogP contribution in [0.3, 0.4) is 0 Å². The summed E-state index contributed by atoms with van der Waals surface area (Å²) < 4.78 is 5.25. The predicted octanol–water partition coefficient (Wildman–Crippen LogP) is 2.82. The lowest BCUT2D eigenvalue weighted by Crippen LogP contribution is -1.93. The molecular weight excluding hydrogens is 160 g/mol. The number of terminal acetylenes is 1. The molecule has 0 aliphatic rings. The molecule has 1 rings (SSSR count). The second-order valence-electron chi connectivity index (χ2n) is 3.22. The maximum atomic E-state index is 5.25. The van der Waals surface area contributed by atoms with Gasteiger partial charge in [-0.2, -0.15) is 0 Å². The van der Waals surface area contributed by atoms with Crippen molar-refractivity contribution >= 4 is 0 Å². The molecule has 1 heteroatoms. The molecule has 68 valence electrons. The van der Waals surface area contributed by atoms with Crippen LogP contribution in [0.5, 0.6) is 5.75 Å². The van der Waals surface area contributed by atoms with Crippen molar-refractivity contribution in [1.82, 2.24) is 0 Å². The Morgan fingerprint density at radius 2 is 1.92 bits per heavy atom. The first-order valence-electron chi connectivity index (χ1n) is 4.40. The van der Waals surface area contributed by atoms with Crippen molar-refractivity contribution in [3.8, 4) is 18.1 Å². The molecule has 0 spiro atoms. The fourth-order valence-electron chi connectivity index (χ4n) is 1.07. The molecule has 0 saturated carbocycles. The van der Waals surface area contributed by atoms with Crippen LogP contribution in [0.15, 0.2) is 24.3 Å². The summed E-state index contributed by atoms with van der Waals surface area (Å²) in [5.74, 6) is 3.82. The number of hydrogen-bond acceptors (Lipinski definition) is 1. The van der Waals surface area contributed by atoms with Crippen molar-refractivity contribution in [3.05, 3.63) is 29.8 Å². The third kappa shape index (κ3) is 2.83. The number of ether oxygens (including phenoxy) is 1. The summed E-state index contributed by atoms with van der Waals surface area (Å²) in [6.07, 6.45) is 5.08. The van der Waals surface area contributed by atoms with Crippen molar-refractivity contribution in [2.45, 2.75) is 19.8 Å². The molecule has 0 aliphatic heterocycles. The van der Waals surface area contributed by atoms with E-state index in [1.165, 1.54) is 5.56 Å². The smallest absolute Gasteiger partial charge is 0.148 e. The Morgan fingerprint density at radius 3 is 2.38 bits per heavy atom. The molecule has 1 aromatic rings. The minimum absolute atomic E-state index is 0.334. The van der Waals surface area contributed by atoms with Gasteiger partial charge in [-0.1, -0.05) is 31.9 Å². The summed E-state index contributed by atoms with van der Waals surface area (Å²) in [7, 11) is 0. The maximum Gasteiger partial charge on any atom is 0.148 e. The zero-order valence-corrected chi connectivity index (χ0v) is 8.08. The first-order chi connectivity index (χ1) is 6.24. The van der Waals surface area contributed by atoms with Crippen LogP contribution in [0.1, 0.15) is 25.3 Å². The second kappa shape index (κ2) is 4.57. The Bertz CT molecular complexity index is 290. The van der Waals surface area contributed by atoms with Crippen LogP contribution in [0.4, 0.5) is 0 Å². The van der Waals surface area contributed by atoms with Crippen LogP contribution in [0.25, 0.3) is 0 Å². The van der Waals surface area contributed by atoms with E-state index in [-0.39, 0.29) is 0 Å². The SMILES string of the molecule is C#CCOc1ccc(C(C)C)cc1. The van der Waals surface area contributed by atoms with Gasteiger partial charge < -0.3 is 4.74 Å². The van der Waals surface area contributed by atoms with Gasteiger partial charge in [0.05, 0.1) is 0 Å². The molecule has 0 heterocycles. The van der Waals surface area contributed by atoms with Crippen LogP contribution in [-0.2, 0) is 0 Å². The highest BCUT2D eigenvalue weighted by Crippen LogP contribution is 2.18. The highest BCUT2D eigenvalue weighted by atomic mass is 16.5. The summed E-state index contributed by atoms with van der Waals surface area (Å²) >= 11 is 0. The van der Waals surface area contributed by atoms with Crippen LogP contribution in [0, 0.1) is 12.3 Å². The Labute approximate surface area is 79.7 Å². The summed E-state index contributed by atoms with van der Waals surface area (Å²) in [5.41, 5.74) is 1.31. The monoisotopic (exact) mass is 174 g/mol. The van der Waals surface area contributed by atoms with Gasteiger partial charge >= 0.3 is 0 Å². The summed E-state index contributed by atoms with van der Waals surface area (Å²) in [6.45, 7) is 4.66. The van der Waals surface area contributed by atoms with Crippen LogP contribution in [0.2, 0.25) is 0 Å². The molecule has 0 N–H and O–H groups in total. The van der Waals surface area contributed by atoms with E-state index in [0.717, 1.165) is 5.75 Å². The summed E-state index contributed by atoms with van der Waals surface area (Å²) in [4.78, 5) is 0. The van der Waals surface area contributed by atoms with Gasteiger partial charge in [0.2, 0.25) is 0 Å². The highest BCUT2D eigenvalue weighted by molar-refractivity contribution is 5.29. The molecule has 13 heavy (non-hydrogen) atoms. The average molecular weight is 174 g/mol. The van der Waals surface area contributed by atoms with Crippen molar-refractivity contribution in [1.29, 1.82) is 0 Å². The summed E-state index contributed by atoms with van der Waals surface area (Å²) in [6, 6.07) is 8.03. The Balaban J connectivity index is 2.65. The quantitative estimate of drug-likeness (QED) is 0.640. The fraction of sp³-hybridized carbons (Fsp3) is 0.333. The van der Waals surface area contributed by atoms with E-state index in [1.807, 2.05) is 12.1 Å². The first kappa shape index (κ1) is 9.67. The van der Waals surface area contributed by atoms with Gasteiger partial charge in [0.1, 0.15) is 12.4 Å².